The fourth-order valence-corrected chi connectivity index (χ4v) is 3.50. The molecule has 1 aliphatic rings. The van der Waals surface area contributed by atoms with Crippen molar-refractivity contribution in [2.75, 3.05) is 19.1 Å². The highest BCUT2D eigenvalue weighted by Crippen LogP contribution is 2.32. The second kappa shape index (κ2) is 6.23. The van der Waals surface area contributed by atoms with E-state index in [9.17, 15) is 4.39 Å². The minimum absolute atomic E-state index is 0.257. The van der Waals surface area contributed by atoms with Gasteiger partial charge in [0.05, 0.1) is 22.1 Å². The predicted molar refractivity (Wildman–Crippen MR) is 85.5 cm³/mol. The minimum atomic E-state index is -0.290. The molecule has 0 amide bonds. The number of fused-ring (bicyclic) bond motifs is 1. The SMILES string of the molecule is CC(C1CCOC1)n1c(CCCl)nc2cc(F)c(Br)cc21. The van der Waals surface area contributed by atoms with E-state index in [4.69, 9.17) is 16.3 Å². The van der Waals surface area contributed by atoms with Crippen molar-refractivity contribution in [1.29, 1.82) is 0 Å². The Morgan fingerprint density at radius 1 is 1.57 bits per heavy atom. The van der Waals surface area contributed by atoms with Gasteiger partial charge in [0.25, 0.3) is 0 Å². The molecule has 1 aromatic carbocycles. The molecule has 1 aromatic heterocycles. The van der Waals surface area contributed by atoms with Gasteiger partial charge in [-0.1, -0.05) is 0 Å². The van der Waals surface area contributed by atoms with Crippen LogP contribution in [0.2, 0.25) is 0 Å². The Hall–Kier alpha value is -0.650. The summed E-state index contributed by atoms with van der Waals surface area (Å²) < 4.78 is 21.9. The Morgan fingerprint density at radius 2 is 2.38 bits per heavy atom. The summed E-state index contributed by atoms with van der Waals surface area (Å²) in [5.74, 6) is 1.58. The van der Waals surface area contributed by atoms with Crippen molar-refractivity contribution in [2.24, 2.45) is 5.92 Å². The molecular weight excluding hydrogens is 359 g/mol. The van der Waals surface area contributed by atoms with Crippen molar-refractivity contribution in [2.45, 2.75) is 25.8 Å². The molecule has 6 heteroatoms. The Kier molecular flexibility index (Phi) is 4.52. The molecule has 0 radical (unpaired) electrons. The fourth-order valence-electron chi connectivity index (χ4n) is 3.00. The molecular formula is C15H17BrClFN2O. The largest absolute Gasteiger partial charge is 0.381 e. The third-order valence-electron chi connectivity index (χ3n) is 4.18. The normalized spacial score (nSPS) is 20.3. The van der Waals surface area contributed by atoms with Crippen LogP contribution in [0.15, 0.2) is 16.6 Å². The second-order valence-corrected chi connectivity index (χ2v) is 6.69. The van der Waals surface area contributed by atoms with Gasteiger partial charge in [-0.3, -0.25) is 0 Å². The van der Waals surface area contributed by atoms with Crippen LogP contribution < -0.4 is 0 Å². The molecule has 0 aliphatic carbocycles. The molecule has 2 atom stereocenters. The van der Waals surface area contributed by atoms with Gasteiger partial charge in [0.1, 0.15) is 11.6 Å². The van der Waals surface area contributed by atoms with E-state index >= 15 is 0 Å². The van der Waals surface area contributed by atoms with Gasteiger partial charge in [-0.05, 0) is 35.3 Å². The van der Waals surface area contributed by atoms with E-state index in [1.165, 1.54) is 6.07 Å². The van der Waals surface area contributed by atoms with Crippen molar-refractivity contribution in [3.63, 3.8) is 0 Å². The van der Waals surface area contributed by atoms with Gasteiger partial charge in [0.15, 0.2) is 0 Å². The molecule has 1 aliphatic heterocycles. The topological polar surface area (TPSA) is 27.1 Å². The quantitative estimate of drug-likeness (QED) is 0.744. The van der Waals surface area contributed by atoms with Crippen LogP contribution in [0.3, 0.4) is 0 Å². The fraction of sp³-hybridized carbons (Fsp3) is 0.533. The summed E-state index contributed by atoms with van der Waals surface area (Å²) in [4.78, 5) is 4.57. The van der Waals surface area contributed by atoms with Crippen LogP contribution in [0.25, 0.3) is 11.0 Å². The predicted octanol–water partition coefficient (Wildman–Crippen LogP) is 4.32. The Labute approximate surface area is 136 Å². The highest BCUT2D eigenvalue weighted by molar-refractivity contribution is 9.10. The van der Waals surface area contributed by atoms with Crippen LogP contribution in [-0.4, -0.2) is 28.6 Å². The Bertz CT molecular complexity index is 655. The maximum absolute atomic E-state index is 13.7. The monoisotopic (exact) mass is 374 g/mol. The molecule has 3 nitrogen and oxygen atoms in total. The lowest BCUT2D eigenvalue weighted by atomic mass is 10.00. The number of alkyl halides is 1. The number of imidazole rings is 1. The molecule has 0 spiro atoms. The summed E-state index contributed by atoms with van der Waals surface area (Å²) in [7, 11) is 0. The van der Waals surface area contributed by atoms with E-state index in [0.29, 0.717) is 28.2 Å². The molecule has 0 N–H and O–H groups in total. The number of hydrogen-bond acceptors (Lipinski definition) is 2. The third kappa shape index (κ3) is 2.83. The number of rotatable bonds is 4. The maximum Gasteiger partial charge on any atom is 0.139 e. The molecule has 3 rings (SSSR count). The van der Waals surface area contributed by atoms with E-state index in [-0.39, 0.29) is 11.9 Å². The van der Waals surface area contributed by atoms with E-state index in [2.05, 4.69) is 32.4 Å². The Morgan fingerprint density at radius 3 is 3.05 bits per heavy atom. The van der Waals surface area contributed by atoms with E-state index in [1.54, 1.807) is 0 Å². The summed E-state index contributed by atoms with van der Waals surface area (Å²) in [6.07, 6.45) is 1.72. The smallest absolute Gasteiger partial charge is 0.139 e. The van der Waals surface area contributed by atoms with E-state index in [0.717, 1.165) is 31.0 Å². The van der Waals surface area contributed by atoms with Gasteiger partial charge >= 0.3 is 0 Å². The zero-order valence-corrected chi connectivity index (χ0v) is 14.1. The lowest BCUT2D eigenvalue weighted by Gasteiger charge is -2.22. The van der Waals surface area contributed by atoms with Crippen molar-refractivity contribution >= 4 is 38.6 Å². The van der Waals surface area contributed by atoms with Crippen LogP contribution in [0.5, 0.6) is 0 Å². The number of aryl methyl sites for hydroxylation is 1. The number of ether oxygens (including phenoxy) is 1. The number of aromatic nitrogens is 2. The first-order valence-electron chi connectivity index (χ1n) is 7.11. The van der Waals surface area contributed by atoms with Crippen molar-refractivity contribution in [1.82, 2.24) is 9.55 Å². The van der Waals surface area contributed by atoms with E-state index in [1.807, 2.05) is 6.07 Å². The molecule has 1 saturated heterocycles. The molecule has 2 heterocycles. The molecule has 1 fully saturated rings. The zero-order chi connectivity index (χ0) is 15.0. The Balaban J connectivity index is 2.12. The van der Waals surface area contributed by atoms with Crippen molar-refractivity contribution in [3.05, 3.63) is 28.2 Å². The molecule has 114 valence electrons. The second-order valence-electron chi connectivity index (χ2n) is 5.46. The first-order chi connectivity index (χ1) is 10.1. The molecule has 2 unspecified atom stereocenters. The van der Waals surface area contributed by atoms with Gasteiger partial charge in [-0.15, -0.1) is 11.6 Å². The number of benzene rings is 1. The lowest BCUT2D eigenvalue weighted by Crippen LogP contribution is -2.19. The van der Waals surface area contributed by atoms with Gasteiger partial charge < -0.3 is 9.30 Å². The number of halogens is 3. The van der Waals surface area contributed by atoms with Gasteiger partial charge in [0.2, 0.25) is 0 Å². The highest BCUT2D eigenvalue weighted by Gasteiger charge is 2.27. The lowest BCUT2D eigenvalue weighted by molar-refractivity contribution is 0.175. The summed E-state index contributed by atoms with van der Waals surface area (Å²) >= 11 is 9.17. The average molecular weight is 376 g/mol. The maximum atomic E-state index is 13.7. The van der Waals surface area contributed by atoms with Crippen LogP contribution in [0.1, 0.15) is 25.2 Å². The summed E-state index contributed by atoms with van der Waals surface area (Å²) in [6, 6.07) is 3.54. The third-order valence-corrected chi connectivity index (χ3v) is 4.97. The summed E-state index contributed by atoms with van der Waals surface area (Å²) in [5.41, 5.74) is 1.63. The van der Waals surface area contributed by atoms with Crippen LogP contribution >= 0.6 is 27.5 Å². The van der Waals surface area contributed by atoms with Crippen molar-refractivity contribution in [3.8, 4) is 0 Å². The minimum Gasteiger partial charge on any atom is -0.381 e. The first kappa shape index (κ1) is 15.3. The zero-order valence-electron chi connectivity index (χ0n) is 11.8. The molecule has 0 saturated carbocycles. The standard InChI is InChI=1S/C15H17BrClFN2O/c1-9(10-3-5-21-8-10)20-14-6-11(16)12(18)7-13(14)19-15(20)2-4-17/h6-7,9-10H,2-5,8H2,1H3. The van der Waals surface area contributed by atoms with Gasteiger partial charge in [-0.25, -0.2) is 9.37 Å². The van der Waals surface area contributed by atoms with Gasteiger partial charge in [0, 0.05) is 36.9 Å². The summed E-state index contributed by atoms with van der Waals surface area (Å²) in [6.45, 7) is 3.75. The average Bonchev–Trinajstić information content (AvgIpc) is 3.07. The van der Waals surface area contributed by atoms with Crippen molar-refractivity contribution < 1.29 is 9.13 Å². The number of nitrogens with zero attached hydrogens (tertiary/aromatic N) is 2. The van der Waals surface area contributed by atoms with Crippen LogP contribution in [0.4, 0.5) is 4.39 Å². The molecule has 2 aromatic rings. The van der Waals surface area contributed by atoms with Gasteiger partial charge in [-0.2, -0.15) is 0 Å². The molecule has 0 bridgehead atoms. The van der Waals surface area contributed by atoms with Crippen LogP contribution in [-0.2, 0) is 11.2 Å². The first-order valence-corrected chi connectivity index (χ1v) is 8.44. The van der Waals surface area contributed by atoms with E-state index < -0.39 is 0 Å². The molecule has 21 heavy (non-hydrogen) atoms. The highest BCUT2D eigenvalue weighted by atomic mass is 79.9. The summed E-state index contributed by atoms with van der Waals surface area (Å²) in [5, 5.41) is 0. The van der Waals surface area contributed by atoms with Crippen LogP contribution in [0, 0.1) is 11.7 Å². The number of hydrogen-bond donors (Lipinski definition) is 0.